The summed E-state index contributed by atoms with van der Waals surface area (Å²) < 4.78 is 5.17. The smallest absolute Gasteiger partial charge is 0.191 e. The van der Waals surface area contributed by atoms with Crippen LogP contribution < -0.4 is 15.4 Å². The van der Waals surface area contributed by atoms with E-state index in [1.54, 1.807) is 7.11 Å². The summed E-state index contributed by atoms with van der Waals surface area (Å²) in [6.45, 7) is 6.37. The molecule has 0 saturated carbocycles. The lowest BCUT2D eigenvalue weighted by molar-refractivity contribution is 0.251. The highest BCUT2D eigenvalue weighted by atomic mass is 127. The predicted octanol–water partition coefficient (Wildman–Crippen LogP) is 2.95. The zero-order chi connectivity index (χ0) is 20.2. The van der Waals surface area contributed by atoms with Gasteiger partial charge in [0.05, 0.1) is 7.11 Å². The largest absolute Gasteiger partial charge is 0.497 e. The topological polar surface area (TPSA) is 107 Å². The molecule has 1 aromatic carbocycles. The number of nitrogens with zero attached hydrogens (tertiary/aromatic N) is 3. The normalized spacial score (nSPS) is 12.2. The first-order valence-corrected chi connectivity index (χ1v) is 9.88. The number of benzene rings is 1. The van der Waals surface area contributed by atoms with Crippen LogP contribution in [0.15, 0.2) is 29.3 Å². The highest BCUT2D eigenvalue weighted by molar-refractivity contribution is 14.0. The summed E-state index contributed by atoms with van der Waals surface area (Å²) in [5.41, 5.74) is 0.920. The van der Waals surface area contributed by atoms with Crippen LogP contribution in [-0.2, 0) is 6.54 Å². The highest BCUT2D eigenvalue weighted by Gasteiger charge is 2.09. The van der Waals surface area contributed by atoms with Gasteiger partial charge < -0.3 is 20.5 Å². The van der Waals surface area contributed by atoms with Crippen molar-refractivity contribution in [1.82, 2.24) is 25.8 Å². The van der Waals surface area contributed by atoms with Crippen molar-refractivity contribution in [3.05, 3.63) is 30.1 Å². The van der Waals surface area contributed by atoms with Crippen molar-refractivity contribution in [2.24, 2.45) is 10.9 Å². The Kier molecular flexibility index (Phi) is 12.3. The van der Waals surface area contributed by atoms with Gasteiger partial charge in [0.25, 0.3) is 0 Å². The molecule has 8 nitrogen and oxygen atoms in total. The van der Waals surface area contributed by atoms with Crippen LogP contribution in [0.4, 0.5) is 0 Å². The number of aromatic amines is 1. The summed E-state index contributed by atoms with van der Waals surface area (Å²) in [5, 5.41) is 23.0. The monoisotopic (exact) mass is 516 g/mol. The van der Waals surface area contributed by atoms with E-state index in [0.717, 1.165) is 49.6 Å². The number of hydrogen-bond acceptors (Lipinski definition) is 5. The Morgan fingerprint density at radius 3 is 2.59 bits per heavy atom. The molecule has 0 radical (unpaired) electrons. The Balaban J connectivity index is 0.00000420. The van der Waals surface area contributed by atoms with Gasteiger partial charge in [0.15, 0.2) is 11.8 Å². The molecule has 9 heteroatoms. The van der Waals surface area contributed by atoms with Crippen LogP contribution in [-0.4, -0.2) is 53.1 Å². The van der Waals surface area contributed by atoms with Crippen molar-refractivity contribution in [3.8, 4) is 17.1 Å². The van der Waals surface area contributed by atoms with E-state index in [-0.39, 0.29) is 30.6 Å². The first kappa shape index (κ1) is 25.2. The second-order valence-electron chi connectivity index (χ2n) is 6.58. The minimum atomic E-state index is 0. The lowest BCUT2D eigenvalue weighted by atomic mass is 10.0. The SMILES string of the molecule is CCCC(CCO)CNC(=NCc1nc(-c2ccc(OC)cc2)n[nH]1)NCC.I. The van der Waals surface area contributed by atoms with Crippen molar-refractivity contribution in [2.75, 3.05) is 26.8 Å². The predicted molar refractivity (Wildman–Crippen MR) is 127 cm³/mol. The summed E-state index contributed by atoms with van der Waals surface area (Å²) in [6.07, 6.45) is 2.99. The van der Waals surface area contributed by atoms with Crippen LogP contribution in [0.5, 0.6) is 5.75 Å². The molecule has 0 bridgehead atoms. The van der Waals surface area contributed by atoms with E-state index in [0.29, 0.717) is 24.1 Å². The van der Waals surface area contributed by atoms with Crippen LogP contribution in [0, 0.1) is 5.92 Å². The molecule has 2 rings (SSSR count). The number of methoxy groups -OCH3 is 1. The minimum Gasteiger partial charge on any atom is -0.497 e. The maximum atomic E-state index is 9.21. The number of ether oxygens (including phenoxy) is 1. The molecule has 0 amide bonds. The molecule has 1 unspecified atom stereocenters. The van der Waals surface area contributed by atoms with E-state index < -0.39 is 0 Å². The van der Waals surface area contributed by atoms with Crippen molar-refractivity contribution in [3.63, 3.8) is 0 Å². The Morgan fingerprint density at radius 2 is 1.97 bits per heavy atom. The van der Waals surface area contributed by atoms with Crippen LogP contribution in [0.3, 0.4) is 0 Å². The molecule has 162 valence electrons. The first-order chi connectivity index (χ1) is 13.7. The molecule has 4 N–H and O–H groups in total. The number of guanidine groups is 1. The van der Waals surface area contributed by atoms with Crippen LogP contribution >= 0.6 is 24.0 Å². The van der Waals surface area contributed by atoms with Gasteiger partial charge in [0.2, 0.25) is 0 Å². The third-order valence-electron chi connectivity index (χ3n) is 4.40. The van der Waals surface area contributed by atoms with E-state index >= 15 is 0 Å². The molecule has 1 aromatic heterocycles. The van der Waals surface area contributed by atoms with Gasteiger partial charge >= 0.3 is 0 Å². The van der Waals surface area contributed by atoms with Crippen LogP contribution in [0.1, 0.15) is 38.9 Å². The fourth-order valence-corrected chi connectivity index (χ4v) is 2.91. The average molecular weight is 516 g/mol. The summed E-state index contributed by atoms with van der Waals surface area (Å²) in [7, 11) is 1.64. The standard InChI is InChI=1S/C20H32N6O2.HI/c1-4-6-15(11-12-27)13-22-20(21-5-2)23-14-18-24-19(26-25-18)16-7-9-17(28-3)10-8-16;/h7-10,15,27H,4-6,11-14H2,1-3H3,(H2,21,22,23)(H,24,25,26);1H. The quantitative estimate of drug-likeness (QED) is 0.208. The number of halogens is 1. The molecule has 0 aliphatic heterocycles. The third kappa shape index (κ3) is 8.57. The fraction of sp³-hybridized carbons (Fsp3) is 0.550. The summed E-state index contributed by atoms with van der Waals surface area (Å²) >= 11 is 0. The molecule has 2 aromatic rings. The summed E-state index contributed by atoms with van der Waals surface area (Å²) in [6, 6.07) is 7.62. The number of rotatable bonds is 11. The van der Waals surface area contributed by atoms with E-state index in [4.69, 9.17) is 4.74 Å². The number of H-pyrrole nitrogens is 1. The molecule has 0 fully saturated rings. The van der Waals surface area contributed by atoms with Gasteiger partial charge in [-0.2, -0.15) is 5.10 Å². The maximum absolute atomic E-state index is 9.21. The van der Waals surface area contributed by atoms with Gasteiger partial charge in [-0.3, -0.25) is 5.10 Å². The molecular formula is C20H33IN6O2. The molecule has 29 heavy (non-hydrogen) atoms. The van der Waals surface area contributed by atoms with Gasteiger partial charge in [-0.1, -0.05) is 13.3 Å². The van der Waals surface area contributed by atoms with E-state index in [2.05, 4.69) is 37.7 Å². The molecule has 0 saturated heterocycles. The average Bonchev–Trinajstić information content (AvgIpc) is 3.19. The number of aliphatic hydroxyl groups is 1. The molecule has 1 heterocycles. The molecule has 0 aliphatic carbocycles. The third-order valence-corrected chi connectivity index (χ3v) is 4.40. The Morgan fingerprint density at radius 1 is 1.21 bits per heavy atom. The second kappa shape index (κ2) is 14.2. The number of aliphatic imine (C=N–C) groups is 1. The van der Waals surface area contributed by atoms with Crippen molar-refractivity contribution < 1.29 is 9.84 Å². The zero-order valence-corrected chi connectivity index (χ0v) is 19.8. The van der Waals surface area contributed by atoms with Crippen molar-refractivity contribution in [2.45, 2.75) is 39.7 Å². The van der Waals surface area contributed by atoms with Crippen molar-refractivity contribution in [1.29, 1.82) is 0 Å². The highest BCUT2D eigenvalue weighted by Crippen LogP contribution is 2.19. The maximum Gasteiger partial charge on any atom is 0.191 e. The van der Waals surface area contributed by atoms with E-state index in [1.165, 1.54) is 0 Å². The van der Waals surface area contributed by atoms with Gasteiger partial charge in [0.1, 0.15) is 18.1 Å². The number of aromatic nitrogens is 3. The van der Waals surface area contributed by atoms with Gasteiger partial charge in [-0.25, -0.2) is 9.98 Å². The van der Waals surface area contributed by atoms with Gasteiger partial charge in [0, 0.05) is 25.3 Å². The van der Waals surface area contributed by atoms with Crippen LogP contribution in [0.2, 0.25) is 0 Å². The lowest BCUT2D eigenvalue weighted by Gasteiger charge is -2.18. The molecule has 0 aliphatic rings. The minimum absolute atomic E-state index is 0. The lowest BCUT2D eigenvalue weighted by Crippen LogP contribution is -2.40. The fourth-order valence-electron chi connectivity index (χ4n) is 2.91. The Labute approximate surface area is 190 Å². The molecule has 0 spiro atoms. The summed E-state index contributed by atoms with van der Waals surface area (Å²) in [5.74, 6) is 3.31. The van der Waals surface area contributed by atoms with E-state index in [9.17, 15) is 5.11 Å². The Hall–Kier alpha value is -1.88. The molecular weight excluding hydrogens is 483 g/mol. The number of hydrogen-bond donors (Lipinski definition) is 4. The van der Waals surface area contributed by atoms with E-state index in [1.807, 2.05) is 31.2 Å². The van der Waals surface area contributed by atoms with Crippen molar-refractivity contribution >= 4 is 29.9 Å². The number of aliphatic hydroxyl groups excluding tert-OH is 1. The Bertz CT molecular complexity index is 714. The number of nitrogens with one attached hydrogen (secondary N) is 3. The molecule has 1 atom stereocenters. The first-order valence-electron chi connectivity index (χ1n) is 9.88. The second-order valence-corrected chi connectivity index (χ2v) is 6.58. The van der Waals surface area contributed by atoms with Crippen LogP contribution in [0.25, 0.3) is 11.4 Å². The van der Waals surface area contributed by atoms with Gasteiger partial charge in [-0.15, -0.1) is 24.0 Å². The van der Waals surface area contributed by atoms with Gasteiger partial charge in [-0.05, 0) is 49.9 Å². The zero-order valence-electron chi connectivity index (χ0n) is 17.4. The summed E-state index contributed by atoms with van der Waals surface area (Å²) in [4.78, 5) is 9.11.